The third-order valence-corrected chi connectivity index (χ3v) is 10.2. The molecule has 3 aliphatic rings. The zero-order valence-corrected chi connectivity index (χ0v) is 22.8. The van der Waals surface area contributed by atoms with Crippen molar-refractivity contribution in [3.8, 4) is 11.8 Å². The highest BCUT2D eigenvalue weighted by atomic mass is 15.0. The van der Waals surface area contributed by atoms with Crippen molar-refractivity contribution in [3.05, 3.63) is 166 Å². The maximum Gasteiger partial charge on any atom is 0.248 e. The van der Waals surface area contributed by atoms with E-state index in [1.54, 1.807) is 0 Å². The fraction of sp³-hybridized carbons (Fsp3) is 0.0513. The summed E-state index contributed by atoms with van der Waals surface area (Å²) >= 11 is 0. The molecule has 0 N–H and O–H groups in total. The van der Waals surface area contributed by atoms with Crippen molar-refractivity contribution in [3.63, 3.8) is 0 Å². The Labute approximate surface area is 244 Å². The zero-order chi connectivity index (χ0) is 27.6. The van der Waals surface area contributed by atoms with Gasteiger partial charge < -0.3 is 4.57 Å². The molecule has 42 heavy (non-hydrogen) atoms. The van der Waals surface area contributed by atoms with E-state index in [9.17, 15) is 5.26 Å². The van der Waals surface area contributed by atoms with Gasteiger partial charge in [0.15, 0.2) is 0 Å². The Balaban J connectivity index is 1.47. The van der Waals surface area contributed by atoms with Gasteiger partial charge in [-0.2, -0.15) is 5.26 Å². The van der Waals surface area contributed by atoms with Gasteiger partial charge in [0.05, 0.1) is 22.6 Å². The third-order valence-electron chi connectivity index (χ3n) is 10.2. The molecule has 0 aliphatic carbocycles. The highest BCUT2D eigenvalue weighted by molar-refractivity contribution is 7.00. The molecule has 1 aromatic heterocycles. The molecule has 3 heteroatoms. The molecule has 0 saturated carbocycles. The minimum atomic E-state index is -0.459. The van der Waals surface area contributed by atoms with Crippen LogP contribution in [0.25, 0.3) is 27.5 Å². The first kappa shape index (κ1) is 22.4. The van der Waals surface area contributed by atoms with Crippen LogP contribution in [0.3, 0.4) is 0 Å². The molecule has 0 bridgehead atoms. The fourth-order valence-corrected chi connectivity index (χ4v) is 8.73. The van der Waals surface area contributed by atoms with Gasteiger partial charge in [0, 0.05) is 22.0 Å². The Morgan fingerprint density at radius 1 is 0.619 bits per heavy atom. The summed E-state index contributed by atoms with van der Waals surface area (Å²) in [7, 11) is 0. The van der Waals surface area contributed by atoms with Gasteiger partial charge in [0.1, 0.15) is 0 Å². The average Bonchev–Trinajstić information content (AvgIpc) is 3.39. The molecule has 2 nitrogen and oxygen atoms in total. The largest absolute Gasteiger partial charge is 0.310 e. The molecule has 4 heterocycles. The molecule has 10 rings (SSSR count). The first-order chi connectivity index (χ1) is 20.8. The molecule has 0 fully saturated rings. The topological polar surface area (TPSA) is 28.7 Å². The van der Waals surface area contributed by atoms with Crippen LogP contribution in [-0.4, -0.2) is 11.3 Å². The molecule has 0 atom stereocenters. The van der Waals surface area contributed by atoms with Crippen LogP contribution in [0.4, 0.5) is 0 Å². The molecule has 0 radical (unpaired) electrons. The van der Waals surface area contributed by atoms with E-state index in [2.05, 4.69) is 132 Å². The van der Waals surface area contributed by atoms with Gasteiger partial charge in [-0.25, -0.2) is 0 Å². The molecule has 192 valence electrons. The van der Waals surface area contributed by atoms with E-state index in [1.807, 2.05) is 6.07 Å². The fourth-order valence-electron chi connectivity index (χ4n) is 8.73. The first-order valence-corrected chi connectivity index (χ1v) is 14.7. The maximum atomic E-state index is 9.86. The summed E-state index contributed by atoms with van der Waals surface area (Å²) in [5.41, 5.74) is 16.3. The lowest BCUT2D eigenvalue weighted by atomic mass is 9.27. The summed E-state index contributed by atoms with van der Waals surface area (Å²) in [5.74, 6) is 0. The van der Waals surface area contributed by atoms with Gasteiger partial charge in [-0.3, -0.25) is 0 Å². The van der Waals surface area contributed by atoms with Crippen molar-refractivity contribution in [2.75, 3.05) is 0 Å². The van der Waals surface area contributed by atoms with Crippen molar-refractivity contribution < 1.29 is 0 Å². The average molecular weight is 530 g/mol. The van der Waals surface area contributed by atoms with Crippen LogP contribution in [-0.2, 0) is 11.8 Å². The van der Waals surface area contributed by atoms with Gasteiger partial charge in [0.2, 0.25) is 6.71 Å². The molecule has 3 aliphatic heterocycles. The summed E-state index contributed by atoms with van der Waals surface area (Å²) in [6.07, 6.45) is 0.924. The van der Waals surface area contributed by atoms with Gasteiger partial charge in [-0.15, -0.1) is 0 Å². The highest BCUT2D eigenvalue weighted by Crippen LogP contribution is 2.49. The van der Waals surface area contributed by atoms with Crippen LogP contribution in [0.2, 0.25) is 0 Å². The number of nitrogens with zero attached hydrogens (tertiary/aromatic N) is 2. The van der Waals surface area contributed by atoms with E-state index < -0.39 is 5.41 Å². The Kier molecular flexibility index (Phi) is 4.10. The highest BCUT2D eigenvalue weighted by Gasteiger charge is 2.52. The molecule has 0 spiro atoms. The summed E-state index contributed by atoms with van der Waals surface area (Å²) < 4.78 is 2.47. The van der Waals surface area contributed by atoms with E-state index in [-0.39, 0.29) is 6.71 Å². The molecule has 6 aromatic carbocycles. The minimum absolute atomic E-state index is 0.169. The second-order valence-corrected chi connectivity index (χ2v) is 11.9. The van der Waals surface area contributed by atoms with E-state index in [4.69, 9.17) is 0 Å². The predicted molar refractivity (Wildman–Crippen MR) is 171 cm³/mol. The van der Waals surface area contributed by atoms with Crippen molar-refractivity contribution in [2.45, 2.75) is 11.8 Å². The summed E-state index contributed by atoms with van der Waals surface area (Å²) in [4.78, 5) is 0. The quantitative estimate of drug-likeness (QED) is 0.249. The van der Waals surface area contributed by atoms with Crippen LogP contribution in [0.1, 0.15) is 38.9 Å². The zero-order valence-electron chi connectivity index (χ0n) is 22.8. The molecule has 0 amide bonds. The van der Waals surface area contributed by atoms with Crippen molar-refractivity contribution in [1.82, 2.24) is 4.57 Å². The lowest BCUT2D eigenvalue weighted by Gasteiger charge is -2.48. The SMILES string of the molecule is N#Cc1ccc2c3ccc4c5c3n(c2c1)-c1cccc2c1B5c1c(cccc1C2(c1ccccc1)c1ccccc1)C4. The van der Waals surface area contributed by atoms with Crippen molar-refractivity contribution >= 4 is 44.9 Å². The number of nitriles is 1. The number of hydrogen-bond acceptors (Lipinski definition) is 1. The van der Waals surface area contributed by atoms with E-state index in [0.29, 0.717) is 5.56 Å². The summed E-state index contributed by atoms with van der Waals surface area (Å²) in [6, 6.07) is 49.3. The predicted octanol–water partition coefficient (Wildman–Crippen LogP) is 6.09. The van der Waals surface area contributed by atoms with Crippen molar-refractivity contribution in [1.29, 1.82) is 5.26 Å². The number of hydrogen-bond donors (Lipinski definition) is 0. The second kappa shape index (κ2) is 7.69. The van der Waals surface area contributed by atoms with Gasteiger partial charge in [0.25, 0.3) is 0 Å². The van der Waals surface area contributed by atoms with E-state index >= 15 is 0 Å². The Morgan fingerprint density at radius 3 is 2.02 bits per heavy atom. The molecular formula is C39H23BN2. The van der Waals surface area contributed by atoms with Crippen LogP contribution in [0.5, 0.6) is 0 Å². The van der Waals surface area contributed by atoms with Gasteiger partial charge in [-0.1, -0.05) is 115 Å². The molecule has 0 unspecified atom stereocenters. The van der Waals surface area contributed by atoms with E-state index in [1.165, 1.54) is 71.7 Å². The summed E-state index contributed by atoms with van der Waals surface area (Å²) in [5, 5.41) is 12.3. The first-order valence-electron chi connectivity index (χ1n) is 14.7. The molecule has 7 aromatic rings. The number of benzene rings is 6. The monoisotopic (exact) mass is 530 g/mol. The smallest absolute Gasteiger partial charge is 0.248 e. The van der Waals surface area contributed by atoms with Crippen LogP contribution in [0.15, 0.2) is 127 Å². The van der Waals surface area contributed by atoms with Crippen molar-refractivity contribution in [2.24, 2.45) is 0 Å². The minimum Gasteiger partial charge on any atom is -0.310 e. The van der Waals surface area contributed by atoms with Crippen LogP contribution in [0, 0.1) is 11.3 Å². The normalized spacial score (nSPS) is 14.7. The third kappa shape index (κ3) is 2.45. The van der Waals surface area contributed by atoms with E-state index in [0.717, 1.165) is 11.9 Å². The lowest BCUT2D eigenvalue weighted by molar-refractivity contribution is 0.748. The maximum absolute atomic E-state index is 9.86. The Morgan fingerprint density at radius 2 is 1.29 bits per heavy atom. The number of aromatic nitrogens is 1. The Hall–Kier alpha value is -5.33. The molecule has 0 saturated heterocycles. The standard InChI is InChI=1S/C39H23BN2/c41-23-24-17-19-29-30-20-18-26-22-25-9-7-14-31-35(25)40-36(26)38(30)42(34(29)21-24)33-16-8-15-32(37(33)40)39(31,27-10-3-1-4-11-27)28-12-5-2-6-13-28/h1-21H,22H2. The summed E-state index contributed by atoms with van der Waals surface area (Å²) in [6.45, 7) is 0.169. The lowest BCUT2D eigenvalue weighted by Crippen LogP contribution is -2.67. The Bertz CT molecular complexity index is 2300. The number of fused-ring (bicyclic) bond motifs is 4. The molecular weight excluding hydrogens is 507 g/mol. The second-order valence-electron chi connectivity index (χ2n) is 11.9. The van der Waals surface area contributed by atoms with Gasteiger partial charge in [-0.05, 0) is 68.9 Å². The van der Waals surface area contributed by atoms with Crippen LogP contribution < -0.4 is 16.4 Å². The number of rotatable bonds is 2. The van der Waals surface area contributed by atoms with Gasteiger partial charge >= 0.3 is 0 Å². The van der Waals surface area contributed by atoms with Crippen LogP contribution >= 0.6 is 0 Å².